The smallest absolute Gasteiger partial charge is 0.260 e. The number of aliphatic hydroxyl groups is 1. The van der Waals surface area contributed by atoms with E-state index in [2.05, 4.69) is 9.88 Å². The van der Waals surface area contributed by atoms with E-state index in [0.717, 1.165) is 25.2 Å². The highest BCUT2D eigenvalue weighted by atomic mass is 16.3. The fourth-order valence-electron chi connectivity index (χ4n) is 2.45. The van der Waals surface area contributed by atoms with Crippen LogP contribution >= 0.6 is 0 Å². The zero-order valence-corrected chi connectivity index (χ0v) is 11.8. The Morgan fingerprint density at radius 3 is 2.80 bits per heavy atom. The van der Waals surface area contributed by atoms with Crippen molar-refractivity contribution in [2.45, 2.75) is 13.3 Å². The minimum atomic E-state index is -0.327. The van der Waals surface area contributed by atoms with Gasteiger partial charge in [0.05, 0.1) is 6.61 Å². The minimum absolute atomic E-state index is 0.131. The maximum atomic E-state index is 12.4. The van der Waals surface area contributed by atoms with E-state index in [4.69, 9.17) is 5.11 Å². The van der Waals surface area contributed by atoms with Crippen LogP contribution in [0.1, 0.15) is 22.5 Å². The highest BCUT2D eigenvalue weighted by molar-refractivity contribution is 5.93. The lowest BCUT2D eigenvalue weighted by atomic mass is 10.2. The first-order chi connectivity index (χ1) is 9.61. The minimum Gasteiger partial charge on any atom is -0.395 e. The summed E-state index contributed by atoms with van der Waals surface area (Å²) in [5.41, 5.74) is 0.620. The van der Waals surface area contributed by atoms with Crippen LogP contribution in [0.5, 0.6) is 0 Å². The summed E-state index contributed by atoms with van der Waals surface area (Å²) in [4.78, 5) is 30.7. The van der Waals surface area contributed by atoms with Gasteiger partial charge in [-0.05, 0) is 32.0 Å². The molecule has 0 atom stereocenters. The number of carbonyl (C=O) groups is 1. The molecule has 1 aliphatic rings. The number of β-amino-alcohol motifs (C(OH)–C–C–N with tert-alkyl or cyclic N) is 1. The zero-order chi connectivity index (χ0) is 14.5. The molecule has 2 rings (SSSR count). The summed E-state index contributed by atoms with van der Waals surface area (Å²) in [6.07, 6.45) is 0.857. The summed E-state index contributed by atoms with van der Waals surface area (Å²) >= 11 is 0. The molecule has 110 valence electrons. The molecule has 0 bridgehead atoms. The summed E-state index contributed by atoms with van der Waals surface area (Å²) in [5, 5.41) is 8.96. The number of hydrogen-bond donors (Lipinski definition) is 2. The number of carbonyl (C=O) groups excluding carboxylic acids is 1. The maximum Gasteiger partial charge on any atom is 0.260 e. The van der Waals surface area contributed by atoms with Crippen molar-refractivity contribution in [1.29, 1.82) is 0 Å². The van der Waals surface area contributed by atoms with E-state index < -0.39 is 0 Å². The van der Waals surface area contributed by atoms with Crippen molar-refractivity contribution in [2.24, 2.45) is 0 Å². The molecule has 0 saturated carbocycles. The summed E-state index contributed by atoms with van der Waals surface area (Å²) in [6, 6.07) is 3.33. The van der Waals surface area contributed by atoms with Crippen molar-refractivity contribution in [1.82, 2.24) is 14.8 Å². The fraction of sp³-hybridized carbons (Fsp3) is 0.571. The first-order valence-electron chi connectivity index (χ1n) is 6.94. The summed E-state index contributed by atoms with van der Waals surface area (Å²) in [7, 11) is 0. The van der Waals surface area contributed by atoms with Gasteiger partial charge < -0.3 is 15.0 Å². The van der Waals surface area contributed by atoms with Crippen molar-refractivity contribution in [3.05, 3.63) is 33.7 Å². The van der Waals surface area contributed by atoms with Crippen LogP contribution in [0.4, 0.5) is 0 Å². The van der Waals surface area contributed by atoms with E-state index in [1.54, 1.807) is 24.0 Å². The van der Waals surface area contributed by atoms with Crippen molar-refractivity contribution in [3.8, 4) is 0 Å². The average Bonchev–Trinajstić information content (AvgIpc) is 2.64. The van der Waals surface area contributed by atoms with Gasteiger partial charge in [-0.1, -0.05) is 0 Å². The highest BCUT2D eigenvalue weighted by Crippen LogP contribution is 2.07. The van der Waals surface area contributed by atoms with Gasteiger partial charge in [0.25, 0.3) is 11.5 Å². The summed E-state index contributed by atoms with van der Waals surface area (Å²) in [5.74, 6) is -0.211. The van der Waals surface area contributed by atoms with Crippen LogP contribution in [0.3, 0.4) is 0 Å². The Hall–Kier alpha value is -1.66. The first kappa shape index (κ1) is 14.7. The number of aryl methyl sites for hydroxylation is 1. The number of rotatable bonds is 3. The molecule has 1 aromatic heterocycles. The summed E-state index contributed by atoms with van der Waals surface area (Å²) in [6.45, 7) is 5.39. The standard InChI is InChI=1S/C14H21N3O3/c1-11-3-4-12(13(19)15-11)14(20)17-6-2-5-16(7-8-17)9-10-18/h3-4,18H,2,5-10H2,1H3,(H,15,19). The molecule has 6 nitrogen and oxygen atoms in total. The molecular weight excluding hydrogens is 258 g/mol. The first-order valence-corrected chi connectivity index (χ1v) is 6.94. The molecule has 1 amide bonds. The molecule has 0 spiro atoms. The number of aliphatic hydroxyl groups excluding tert-OH is 1. The molecule has 0 aliphatic carbocycles. The monoisotopic (exact) mass is 279 g/mol. The second-order valence-electron chi connectivity index (χ2n) is 5.10. The molecular formula is C14H21N3O3. The predicted octanol–water partition coefficient (Wildman–Crippen LogP) is -0.176. The van der Waals surface area contributed by atoms with Crippen LogP contribution in [0.25, 0.3) is 0 Å². The molecule has 2 N–H and O–H groups in total. The molecule has 0 unspecified atom stereocenters. The molecule has 2 heterocycles. The van der Waals surface area contributed by atoms with Gasteiger partial charge in [-0.2, -0.15) is 0 Å². The zero-order valence-electron chi connectivity index (χ0n) is 11.8. The predicted molar refractivity (Wildman–Crippen MR) is 75.8 cm³/mol. The normalized spacial score (nSPS) is 17.0. The fourth-order valence-corrected chi connectivity index (χ4v) is 2.45. The molecule has 1 aliphatic heterocycles. The lowest BCUT2D eigenvalue weighted by molar-refractivity contribution is 0.0758. The van der Waals surface area contributed by atoms with Crippen LogP contribution in [-0.2, 0) is 0 Å². The average molecular weight is 279 g/mol. The van der Waals surface area contributed by atoms with Crippen LogP contribution in [0, 0.1) is 6.92 Å². The van der Waals surface area contributed by atoms with Crippen molar-refractivity contribution >= 4 is 5.91 Å². The Morgan fingerprint density at radius 1 is 1.30 bits per heavy atom. The molecule has 1 saturated heterocycles. The van der Waals surface area contributed by atoms with E-state index >= 15 is 0 Å². The number of aromatic amines is 1. The van der Waals surface area contributed by atoms with Crippen LogP contribution in [0.2, 0.25) is 0 Å². The van der Waals surface area contributed by atoms with Crippen molar-refractivity contribution in [3.63, 3.8) is 0 Å². The van der Waals surface area contributed by atoms with Crippen molar-refractivity contribution in [2.75, 3.05) is 39.3 Å². The Kier molecular flexibility index (Phi) is 4.92. The molecule has 6 heteroatoms. The quantitative estimate of drug-likeness (QED) is 0.805. The number of nitrogens with one attached hydrogen (secondary N) is 1. The topological polar surface area (TPSA) is 76.6 Å². The Labute approximate surface area is 118 Å². The second-order valence-corrected chi connectivity index (χ2v) is 5.10. The maximum absolute atomic E-state index is 12.4. The summed E-state index contributed by atoms with van der Waals surface area (Å²) < 4.78 is 0. The van der Waals surface area contributed by atoms with Crippen molar-refractivity contribution < 1.29 is 9.90 Å². The Morgan fingerprint density at radius 2 is 2.10 bits per heavy atom. The molecule has 1 aromatic rings. The largest absolute Gasteiger partial charge is 0.395 e. The Balaban J connectivity index is 2.07. The third kappa shape index (κ3) is 3.46. The number of nitrogens with zero attached hydrogens (tertiary/aromatic N) is 2. The van der Waals surface area contributed by atoms with E-state index in [1.165, 1.54) is 0 Å². The lowest BCUT2D eigenvalue weighted by Crippen LogP contribution is -2.38. The highest BCUT2D eigenvalue weighted by Gasteiger charge is 2.21. The van der Waals surface area contributed by atoms with Gasteiger partial charge in [0, 0.05) is 31.9 Å². The third-order valence-electron chi connectivity index (χ3n) is 3.58. The molecule has 0 aromatic carbocycles. The van der Waals surface area contributed by atoms with Crippen LogP contribution in [-0.4, -0.2) is 65.1 Å². The number of hydrogen-bond acceptors (Lipinski definition) is 4. The van der Waals surface area contributed by atoms with Gasteiger partial charge in [0.2, 0.25) is 0 Å². The molecule has 20 heavy (non-hydrogen) atoms. The van der Waals surface area contributed by atoms with E-state index in [9.17, 15) is 9.59 Å². The van der Waals surface area contributed by atoms with Gasteiger partial charge in [-0.3, -0.25) is 14.5 Å². The van der Waals surface area contributed by atoms with E-state index in [1.807, 2.05) is 0 Å². The van der Waals surface area contributed by atoms with Gasteiger partial charge >= 0.3 is 0 Å². The van der Waals surface area contributed by atoms with Crippen LogP contribution < -0.4 is 5.56 Å². The lowest BCUT2D eigenvalue weighted by Gasteiger charge is -2.21. The van der Waals surface area contributed by atoms with E-state index in [-0.39, 0.29) is 23.6 Å². The van der Waals surface area contributed by atoms with Gasteiger partial charge in [0.15, 0.2) is 0 Å². The number of amides is 1. The Bertz CT molecular complexity index is 527. The van der Waals surface area contributed by atoms with Gasteiger partial charge in [-0.15, -0.1) is 0 Å². The molecule has 1 fully saturated rings. The third-order valence-corrected chi connectivity index (χ3v) is 3.58. The number of aromatic nitrogens is 1. The van der Waals surface area contributed by atoms with Crippen LogP contribution in [0.15, 0.2) is 16.9 Å². The van der Waals surface area contributed by atoms with E-state index in [0.29, 0.717) is 19.6 Å². The SMILES string of the molecule is Cc1ccc(C(=O)N2CCCN(CCO)CC2)c(=O)[nH]1. The second kappa shape index (κ2) is 6.67. The van der Waals surface area contributed by atoms with Gasteiger partial charge in [0.1, 0.15) is 5.56 Å². The number of pyridine rings is 1. The number of H-pyrrole nitrogens is 1. The van der Waals surface area contributed by atoms with Gasteiger partial charge in [-0.25, -0.2) is 0 Å². The molecule has 0 radical (unpaired) electrons.